The number of nitrogens with one attached hydrogen (secondary N) is 1. The van der Waals surface area contributed by atoms with Gasteiger partial charge in [-0.2, -0.15) is 0 Å². The maximum absolute atomic E-state index is 5.94. The summed E-state index contributed by atoms with van der Waals surface area (Å²) >= 11 is 0. The van der Waals surface area contributed by atoms with Crippen molar-refractivity contribution in [3.8, 4) is 17.2 Å². The van der Waals surface area contributed by atoms with Crippen molar-refractivity contribution in [2.75, 3.05) is 12.1 Å². The summed E-state index contributed by atoms with van der Waals surface area (Å²) in [5.74, 6) is 2.45. The number of ether oxygens (including phenoxy) is 3. The molecule has 132 valence electrons. The van der Waals surface area contributed by atoms with Crippen LogP contribution < -0.4 is 19.5 Å². The summed E-state index contributed by atoms with van der Waals surface area (Å²) in [6.07, 6.45) is 0. The van der Waals surface area contributed by atoms with Crippen LogP contribution in [0.25, 0.3) is 0 Å². The van der Waals surface area contributed by atoms with Gasteiger partial charge in [-0.05, 0) is 42.3 Å². The lowest BCUT2D eigenvalue weighted by atomic mass is 10.1. The average Bonchev–Trinajstić information content (AvgIpc) is 3.13. The molecule has 0 radical (unpaired) electrons. The van der Waals surface area contributed by atoms with Crippen LogP contribution in [0.2, 0.25) is 0 Å². The zero-order valence-electron chi connectivity index (χ0n) is 14.7. The van der Waals surface area contributed by atoms with E-state index >= 15 is 0 Å². The molecule has 1 aliphatic rings. The van der Waals surface area contributed by atoms with Crippen LogP contribution in [0.5, 0.6) is 17.2 Å². The van der Waals surface area contributed by atoms with Crippen LogP contribution >= 0.6 is 0 Å². The van der Waals surface area contributed by atoms with Crippen LogP contribution in [0.1, 0.15) is 16.7 Å². The second-order valence-corrected chi connectivity index (χ2v) is 6.35. The van der Waals surface area contributed by atoms with Gasteiger partial charge in [0.25, 0.3) is 0 Å². The molecule has 0 aromatic heterocycles. The molecule has 0 aliphatic carbocycles. The molecule has 0 unspecified atom stereocenters. The molecule has 4 rings (SSSR count). The maximum atomic E-state index is 5.94. The van der Waals surface area contributed by atoms with E-state index in [1.807, 2.05) is 30.3 Å². The fraction of sp³-hybridized carbons (Fsp3) is 0.182. The number of hydrogen-bond donors (Lipinski definition) is 1. The highest BCUT2D eigenvalue weighted by Crippen LogP contribution is 2.34. The van der Waals surface area contributed by atoms with Crippen molar-refractivity contribution in [1.29, 1.82) is 0 Å². The van der Waals surface area contributed by atoms with Crippen molar-refractivity contribution in [3.05, 3.63) is 83.4 Å². The summed E-state index contributed by atoms with van der Waals surface area (Å²) in [5.41, 5.74) is 4.58. The van der Waals surface area contributed by atoms with Gasteiger partial charge in [0, 0.05) is 18.3 Å². The van der Waals surface area contributed by atoms with E-state index in [1.165, 1.54) is 11.1 Å². The van der Waals surface area contributed by atoms with E-state index in [0.29, 0.717) is 19.9 Å². The minimum Gasteiger partial charge on any atom is -0.489 e. The molecule has 0 spiro atoms. The fourth-order valence-corrected chi connectivity index (χ4v) is 2.92. The molecule has 1 aliphatic heterocycles. The summed E-state index contributed by atoms with van der Waals surface area (Å²) in [7, 11) is 0. The van der Waals surface area contributed by atoms with E-state index in [4.69, 9.17) is 14.2 Å². The van der Waals surface area contributed by atoms with Gasteiger partial charge in [-0.15, -0.1) is 0 Å². The van der Waals surface area contributed by atoms with Gasteiger partial charge in [-0.25, -0.2) is 0 Å². The summed E-state index contributed by atoms with van der Waals surface area (Å²) in [4.78, 5) is 0. The minimum atomic E-state index is 0.291. The number of anilines is 1. The lowest BCUT2D eigenvalue weighted by Crippen LogP contribution is -2.00. The third-order valence-electron chi connectivity index (χ3n) is 4.26. The van der Waals surface area contributed by atoms with E-state index in [0.717, 1.165) is 28.5 Å². The molecule has 0 bridgehead atoms. The second-order valence-electron chi connectivity index (χ2n) is 6.35. The standard InChI is InChI=1S/C22H21NO3/c1-16-4-2-6-18(10-16)14-24-20-7-3-5-17(11-20)13-23-19-8-9-21-22(12-19)26-15-25-21/h2-12,23H,13-15H2,1H3. The van der Waals surface area contributed by atoms with Gasteiger partial charge in [0.15, 0.2) is 11.5 Å². The van der Waals surface area contributed by atoms with Crippen molar-refractivity contribution >= 4 is 5.69 Å². The van der Waals surface area contributed by atoms with Gasteiger partial charge < -0.3 is 19.5 Å². The van der Waals surface area contributed by atoms with Gasteiger partial charge in [0.05, 0.1) is 0 Å². The number of fused-ring (bicyclic) bond motifs is 1. The largest absolute Gasteiger partial charge is 0.489 e. The third-order valence-corrected chi connectivity index (χ3v) is 4.26. The minimum absolute atomic E-state index is 0.291. The Morgan fingerprint density at radius 3 is 2.65 bits per heavy atom. The van der Waals surface area contributed by atoms with Gasteiger partial charge in [-0.3, -0.25) is 0 Å². The number of aryl methyl sites for hydroxylation is 1. The topological polar surface area (TPSA) is 39.7 Å². The molecule has 1 heterocycles. The highest BCUT2D eigenvalue weighted by molar-refractivity contribution is 5.55. The van der Waals surface area contributed by atoms with Crippen LogP contribution in [0.3, 0.4) is 0 Å². The molecule has 0 amide bonds. The Labute approximate surface area is 153 Å². The van der Waals surface area contributed by atoms with Crippen molar-refractivity contribution < 1.29 is 14.2 Å². The number of rotatable bonds is 6. The first-order chi connectivity index (χ1) is 12.8. The van der Waals surface area contributed by atoms with Crippen LogP contribution in [0, 0.1) is 6.92 Å². The first-order valence-corrected chi connectivity index (χ1v) is 8.67. The maximum Gasteiger partial charge on any atom is 0.231 e. The lowest BCUT2D eigenvalue weighted by Gasteiger charge is -2.10. The predicted molar refractivity (Wildman–Crippen MR) is 102 cm³/mol. The smallest absolute Gasteiger partial charge is 0.231 e. The number of benzene rings is 3. The highest BCUT2D eigenvalue weighted by atomic mass is 16.7. The SMILES string of the molecule is Cc1cccc(COc2cccc(CNc3ccc4c(c3)OCO4)c2)c1. The van der Waals surface area contributed by atoms with Crippen molar-refractivity contribution in [2.24, 2.45) is 0 Å². The van der Waals surface area contributed by atoms with Crippen LogP contribution in [-0.2, 0) is 13.2 Å². The monoisotopic (exact) mass is 347 g/mol. The summed E-state index contributed by atoms with van der Waals surface area (Å²) in [6.45, 7) is 3.66. The molecule has 0 fully saturated rings. The van der Waals surface area contributed by atoms with Crippen molar-refractivity contribution in [1.82, 2.24) is 0 Å². The summed E-state index contributed by atoms with van der Waals surface area (Å²) in [5, 5.41) is 3.41. The molecule has 0 atom stereocenters. The lowest BCUT2D eigenvalue weighted by molar-refractivity contribution is 0.174. The molecule has 1 N–H and O–H groups in total. The third kappa shape index (κ3) is 3.91. The molecule has 4 heteroatoms. The molecular formula is C22H21NO3. The van der Waals surface area contributed by atoms with Gasteiger partial charge in [0.2, 0.25) is 6.79 Å². The van der Waals surface area contributed by atoms with Gasteiger partial charge in [-0.1, -0.05) is 42.0 Å². The van der Waals surface area contributed by atoms with Crippen LogP contribution in [0.4, 0.5) is 5.69 Å². The Bertz CT molecular complexity index is 907. The number of hydrogen-bond acceptors (Lipinski definition) is 4. The first kappa shape index (κ1) is 16.3. The Morgan fingerprint density at radius 2 is 1.73 bits per heavy atom. The fourth-order valence-electron chi connectivity index (χ4n) is 2.92. The Kier molecular flexibility index (Phi) is 4.65. The molecule has 26 heavy (non-hydrogen) atoms. The van der Waals surface area contributed by atoms with E-state index in [2.05, 4.69) is 48.6 Å². The van der Waals surface area contributed by atoms with E-state index in [9.17, 15) is 0 Å². The first-order valence-electron chi connectivity index (χ1n) is 8.67. The predicted octanol–water partition coefficient (Wildman–Crippen LogP) is 4.91. The van der Waals surface area contributed by atoms with E-state index < -0.39 is 0 Å². The Balaban J connectivity index is 1.36. The van der Waals surface area contributed by atoms with Crippen LogP contribution in [0.15, 0.2) is 66.7 Å². The zero-order valence-corrected chi connectivity index (χ0v) is 14.7. The van der Waals surface area contributed by atoms with E-state index in [1.54, 1.807) is 0 Å². The highest BCUT2D eigenvalue weighted by Gasteiger charge is 2.12. The summed E-state index contributed by atoms with van der Waals surface area (Å²) < 4.78 is 16.7. The van der Waals surface area contributed by atoms with Gasteiger partial charge >= 0.3 is 0 Å². The summed E-state index contributed by atoms with van der Waals surface area (Å²) in [6, 6.07) is 22.4. The van der Waals surface area contributed by atoms with Gasteiger partial charge in [0.1, 0.15) is 12.4 Å². The molecular weight excluding hydrogens is 326 g/mol. The zero-order chi connectivity index (χ0) is 17.8. The van der Waals surface area contributed by atoms with Crippen LogP contribution in [-0.4, -0.2) is 6.79 Å². The van der Waals surface area contributed by atoms with Crippen molar-refractivity contribution in [2.45, 2.75) is 20.1 Å². The molecule has 3 aromatic rings. The molecule has 4 nitrogen and oxygen atoms in total. The van der Waals surface area contributed by atoms with E-state index in [-0.39, 0.29) is 0 Å². The Hall–Kier alpha value is -3.14. The molecule has 0 saturated heterocycles. The molecule has 0 saturated carbocycles. The average molecular weight is 347 g/mol. The Morgan fingerprint density at radius 1 is 0.885 bits per heavy atom. The normalized spacial score (nSPS) is 12.0. The molecule has 3 aromatic carbocycles. The van der Waals surface area contributed by atoms with Crippen molar-refractivity contribution in [3.63, 3.8) is 0 Å². The quantitative estimate of drug-likeness (QED) is 0.687. The second kappa shape index (κ2) is 7.40.